The Kier molecular flexibility index (Phi) is 6.35. The van der Waals surface area contributed by atoms with Crippen molar-refractivity contribution in [2.24, 2.45) is 0 Å². The summed E-state index contributed by atoms with van der Waals surface area (Å²) in [5.74, 6) is 2.25. The number of hydrogen-bond donors (Lipinski definition) is 1. The van der Waals surface area contributed by atoms with Crippen LogP contribution in [0.5, 0.6) is 23.0 Å². The molecule has 0 aliphatic heterocycles. The zero-order valence-electron chi connectivity index (χ0n) is 16.7. The highest BCUT2D eigenvalue weighted by atomic mass is 79.9. The molecule has 0 fully saturated rings. The van der Waals surface area contributed by atoms with Crippen LogP contribution in [0.25, 0.3) is 0 Å². The van der Waals surface area contributed by atoms with Gasteiger partial charge in [0.05, 0.1) is 28.4 Å². The number of halogens is 1. The van der Waals surface area contributed by atoms with Crippen molar-refractivity contribution in [2.45, 2.75) is 5.60 Å². The van der Waals surface area contributed by atoms with E-state index in [4.69, 9.17) is 18.9 Å². The first-order chi connectivity index (χ1) is 14.0. The van der Waals surface area contributed by atoms with E-state index in [9.17, 15) is 5.11 Å². The van der Waals surface area contributed by atoms with Crippen LogP contribution in [0.15, 0.2) is 65.1 Å². The van der Waals surface area contributed by atoms with Crippen LogP contribution in [0.2, 0.25) is 0 Å². The Labute approximate surface area is 178 Å². The van der Waals surface area contributed by atoms with E-state index < -0.39 is 5.60 Å². The Hall–Kier alpha value is -2.70. The molecule has 0 saturated heterocycles. The number of methoxy groups -OCH3 is 4. The highest BCUT2D eigenvalue weighted by molar-refractivity contribution is 9.10. The van der Waals surface area contributed by atoms with Gasteiger partial charge in [0.2, 0.25) is 0 Å². The van der Waals surface area contributed by atoms with Crippen LogP contribution in [0.3, 0.4) is 0 Å². The second kappa shape index (κ2) is 8.76. The van der Waals surface area contributed by atoms with Gasteiger partial charge in [-0.1, -0.05) is 28.1 Å². The number of rotatable bonds is 7. The van der Waals surface area contributed by atoms with Gasteiger partial charge in [0.25, 0.3) is 0 Å². The molecule has 3 rings (SSSR count). The molecule has 0 aliphatic rings. The third kappa shape index (κ3) is 3.91. The molecule has 0 spiro atoms. The molecular weight excluding hydrogens is 436 g/mol. The standard InChI is InChI=1S/C23H23BrO5/c1-26-17-9-11-19(21(13-17)28-3)23(25,15-5-7-16(24)8-6-15)20-12-10-18(27-2)14-22(20)29-4/h5-14,25H,1-4H3. The van der Waals surface area contributed by atoms with Crippen molar-refractivity contribution in [2.75, 3.05) is 28.4 Å². The normalized spacial score (nSPS) is 11.1. The molecule has 0 heterocycles. The van der Waals surface area contributed by atoms with Gasteiger partial charge in [-0.2, -0.15) is 0 Å². The maximum absolute atomic E-state index is 12.2. The summed E-state index contributed by atoms with van der Waals surface area (Å²) in [5, 5.41) is 12.2. The molecule has 1 N–H and O–H groups in total. The van der Waals surface area contributed by atoms with Crippen molar-refractivity contribution in [3.8, 4) is 23.0 Å². The summed E-state index contributed by atoms with van der Waals surface area (Å²) in [6.07, 6.45) is 0. The van der Waals surface area contributed by atoms with Crippen LogP contribution < -0.4 is 18.9 Å². The maximum atomic E-state index is 12.2. The first-order valence-electron chi connectivity index (χ1n) is 8.91. The minimum atomic E-state index is -1.55. The fourth-order valence-electron chi connectivity index (χ4n) is 3.34. The van der Waals surface area contributed by atoms with Crippen molar-refractivity contribution in [1.82, 2.24) is 0 Å². The van der Waals surface area contributed by atoms with E-state index in [1.807, 2.05) is 24.3 Å². The molecule has 0 bridgehead atoms. The summed E-state index contributed by atoms with van der Waals surface area (Å²) >= 11 is 3.45. The van der Waals surface area contributed by atoms with Crippen LogP contribution >= 0.6 is 15.9 Å². The first-order valence-corrected chi connectivity index (χ1v) is 9.70. The fourth-order valence-corrected chi connectivity index (χ4v) is 3.61. The number of ether oxygens (including phenoxy) is 4. The van der Waals surface area contributed by atoms with E-state index in [2.05, 4.69) is 15.9 Å². The molecule has 3 aromatic rings. The lowest BCUT2D eigenvalue weighted by Crippen LogP contribution is -2.30. The third-order valence-electron chi connectivity index (χ3n) is 4.86. The van der Waals surface area contributed by atoms with E-state index >= 15 is 0 Å². The lowest BCUT2D eigenvalue weighted by atomic mass is 9.79. The summed E-state index contributed by atoms with van der Waals surface area (Å²) in [4.78, 5) is 0. The Morgan fingerprint density at radius 2 is 1.10 bits per heavy atom. The minimum absolute atomic E-state index is 0.493. The van der Waals surface area contributed by atoms with Gasteiger partial charge >= 0.3 is 0 Å². The van der Waals surface area contributed by atoms with E-state index in [0.29, 0.717) is 39.7 Å². The monoisotopic (exact) mass is 458 g/mol. The molecule has 0 aromatic heterocycles. The van der Waals surface area contributed by atoms with Crippen molar-refractivity contribution in [3.05, 3.63) is 81.8 Å². The van der Waals surface area contributed by atoms with E-state index in [1.54, 1.807) is 64.8 Å². The molecular formula is C23H23BrO5. The molecule has 5 nitrogen and oxygen atoms in total. The lowest BCUT2D eigenvalue weighted by molar-refractivity contribution is 0.118. The predicted molar refractivity (Wildman–Crippen MR) is 115 cm³/mol. The molecule has 6 heteroatoms. The predicted octanol–water partition coefficient (Wildman–Crippen LogP) is 4.77. The SMILES string of the molecule is COc1ccc(C(O)(c2ccc(Br)cc2)c2ccc(OC)cc2OC)c(OC)c1. The highest BCUT2D eigenvalue weighted by Gasteiger charge is 2.39. The van der Waals surface area contributed by atoms with Gasteiger partial charge in [0, 0.05) is 27.7 Å². The molecule has 0 saturated carbocycles. The topological polar surface area (TPSA) is 57.2 Å². The minimum Gasteiger partial charge on any atom is -0.497 e. The Morgan fingerprint density at radius 3 is 1.48 bits per heavy atom. The molecule has 29 heavy (non-hydrogen) atoms. The summed E-state index contributed by atoms with van der Waals surface area (Å²) in [6, 6.07) is 18.1. The van der Waals surface area contributed by atoms with Gasteiger partial charge in [-0.05, 0) is 42.0 Å². The number of hydrogen-bond acceptors (Lipinski definition) is 5. The first kappa shape index (κ1) is 21.0. The fraction of sp³-hybridized carbons (Fsp3) is 0.217. The molecule has 3 aromatic carbocycles. The van der Waals surface area contributed by atoms with E-state index in [0.717, 1.165) is 4.47 Å². The van der Waals surface area contributed by atoms with Crippen molar-refractivity contribution in [3.63, 3.8) is 0 Å². The van der Waals surface area contributed by atoms with Gasteiger partial charge < -0.3 is 24.1 Å². The maximum Gasteiger partial charge on any atom is 0.147 e. The summed E-state index contributed by atoms with van der Waals surface area (Å²) in [7, 11) is 6.29. The number of aliphatic hydroxyl groups is 1. The largest absolute Gasteiger partial charge is 0.497 e. The molecule has 152 valence electrons. The van der Waals surface area contributed by atoms with Gasteiger partial charge in [0.15, 0.2) is 0 Å². The average molecular weight is 459 g/mol. The average Bonchev–Trinajstić information content (AvgIpc) is 2.78. The quantitative estimate of drug-likeness (QED) is 0.516. The van der Waals surface area contributed by atoms with Crippen LogP contribution in [0, 0.1) is 0 Å². The van der Waals surface area contributed by atoms with Gasteiger partial charge in [-0.3, -0.25) is 0 Å². The van der Waals surface area contributed by atoms with E-state index in [1.165, 1.54) is 0 Å². The second-order valence-electron chi connectivity index (χ2n) is 6.35. The highest BCUT2D eigenvalue weighted by Crippen LogP contribution is 2.46. The molecule has 0 unspecified atom stereocenters. The van der Waals surface area contributed by atoms with Gasteiger partial charge in [0.1, 0.15) is 28.6 Å². The lowest BCUT2D eigenvalue weighted by Gasteiger charge is -2.32. The van der Waals surface area contributed by atoms with Crippen LogP contribution in [-0.2, 0) is 5.60 Å². The smallest absolute Gasteiger partial charge is 0.147 e. The second-order valence-corrected chi connectivity index (χ2v) is 7.27. The summed E-state index contributed by atoms with van der Waals surface area (Å²) < 4.78 is 22.8. The molecule has 0 radical (unpaired) electrons. The van der Waals surface area contributed by atoms with Gasteiger partial charge in [-0.15, -0.1) is 0 Å². The molecule has 0 amide bonds. The molecule has 0 aliphatic carbocycles. The van der Waals surface area contributed by atoms with Crippen LogP contribution in [0.1, 0.15) is 16.7 Å². The zero-order valence-corrected chi connectivity index (χ0v) is 18.3. The van der Waals surface area contributed by atoms with Gasteiger partial charge in [-0.25, -0.2) is 0 Å². The Balaban J connectivity index is 2.34. The van der Waals surface area contributed by atoms with Crippen LogP contribution in [0.4, 0.5) is 0 Å². The van der Waals surface area contributed by atoms with Crippen molar-refractivity contribution in [1.29, 1.82) is 0 Å². The summed E-state index contributed by atoms with van der Waals surface area (Å²) in [5.41, 5.74) is 0.237. The third-order valence-corrected chi connectivity index (χ3v) is 5.39. The molecule has 0 atom stereocenters. The van der Waals surface area contributed by atoms with Crippen LogP contribution in [-0.4, -0.2) is 33.5 Å². The number of benzene rings is 3. The zero-order chi connectivity index (χ0) is 21.0. The van der Waals surface area contributed by atoms with Crippen molar-refractivity contribution < 1.29 is 24.1 Å². The van der Waals surface area contributed by atoms with E-state index in [-0.39, 0.29) is 0 Å². The van der Waals surface area contributed by atoms with Crippen molar-refractivity contribution >= 4 is 15.9 Å². The Morgan fingerprint density at radius 1 is 0.655 bits per heavy atom. The summed E-state index contributed by atoms with van der Waals surface area (Å²) in [6.45, 7) is 0. The Bertz CT molecular complexity index is 930.